The summed E-state index contributed by atoms with van der Waals surface area (Å²) in [4.78, 5) is 14.8. The van der Waals surface area contributed by atoms with Crippen molar-refractivity contribution >= 4 is 16.0 Å². The van der Waals surface area contributed by atoms with Crippen molar-refractivity contribution in [3.8, 4) is 5.75 Å². The van der Waals surface area contributed by atoms with E-state index in [0.717, 1.165) is 18.4 Å². The number of hydrogen-bond acceptors (Lipinski definition) is 4. The molecule has 0 aliphatic heterocycles. The van der Waals surface area contributed by atoms with Crippen molar-refractivity contribution in [1.29, 1.82) is 0 Å². The highest BCUT2D eigenvalue weighted by molar-refractivity contribution is 7.87. The number of hydrogen-bond donors (Lipinski definition) is 0. The zero-order valence-electron chi connectivity index (χ0n) is 16.8. The summed E-state index contributed by atoms with van der Waals surface area (Å²) in [5.74, 6) is 1.11. The van der Waals surface area contributed by atoms with Gasteiger partial charge in [-0.1, -0.05) is 44.7 Å². The van der Waals surface area contributed by atoms with E-state index >= 15 is 0 Å². The monoisotopic (exact) mass is 395 g/mol. The Morgan fingerprint density at radius 2 is 1.96 bits per heavy atom. The van der Waals surface area contributed by atoms with Crippen LogP contribution in [0.5, 0.6) is 5.75 Å². The van der Waals surface area contributed by atoms with Gasteiger partial charge in [0, 0.05) is 19.0 Å². The Kier molecular flexibility index (Phi) is 8.14. The van der Waals surface area contributed by atoms with Crippen molar-refractivity contribution in [2.45, 2.75) is 78.3 Å². The molecule has 1 amide bonds. The normalized spacial score (nSPS) is 16.3. The van der Waals surface area contributed by atoms with E-state index in [1.54, 1.807) is 25.1 Å². The van der Waals surface area contributed by atoms with Gasteiger partial charge in [-0.2, -0.15) is 8.42 Å². The third-order valence-electron chi connectivity index (χ3n) is 5.51. The Hall–Kier alpha value is -1.56. The number of benzene rings is 1. The lowest BCUT2D eigenvalue weighted by atomic mass is 10.0. The van der Waals surface area contributed by atoms with Gasteiger partial charge in [0.2, 0.25) is 5.91 Å². The fourth-order valence-corrected chi connectivity index (χ4v) is 4.09. The van der Waals surface area contributed by atoms with Crippen LogP contribution in [-0.4, -0.2) is 31.0 Å². The lowest BCUT2D eigenvalue weighted by molar-refractivity contribution is -0.134. The molecule has 1 aliphatic carbocycles. The number of nitrogens with zero attached hydrogens (tertiary/aromatic N) is 1. The van der Waals surface area contributed by atoms with Crippen molar-refractivity contribution in [3.05, 3.63) is 29.8 Å². The van der Waals surface area contributed by atoms with Gasteiger partial charge in [-0.05, 0) is 50.3 Å². The van der Waals surface area contributed by atoms with Crippen LogP contribution in [-0.2, 0) is 21.5 Å². The Balaban J connectivity index is 2.05. The van der Waals surface area contributed by atoms with E-state index in [4.69, 9.17) is 4.18 Å². The average molecular weight is 396 g/mol. The van der Waals surface area contributed by atoms with E-state index in [1.165, 1.54) is 25.7 Å². The molecule has 1 aromatic carbocycles. The summed E-state index contributed by atoms with van der Waals surface area (Å²) in [5, 5.41) is 0. The van der Waals surface area contributed by atoms with Gasteiger partial charge in [0.1, 0.15) is 5.75 Å². The maximum Gasteiger partial charge on any atom is 0.308 e. The molecule has 1 saturated carbocycles. The maximum absolute atomic E-state index is 12.9. The topological polar surface area (TPSA) is 63.7 Å². The van der Waals surface area contributed by atoms with Crippen LogP contribution in [0.3, 0.4) is 0 Å². The van der Waals surface area contributed by atoms with Gasteiger partial charge in [-0.3, -0.25) is 4.79 Å². The Labute approximate surface area is 164 Å². The molecule has 1 aliphatic rings. The third kappa shape index (κ3) is 6.83. The first-order valence-corrected chi connectivity index (χ1v) is 11.7. The fourth-order valence-electron chi connectivity index (χ4n) is 3.58. The summed E-state index contributed by atoms with van der Waals surface area (Å²) < 4.78 is 28.5. The average Bonchev–Trinajstić information content (AvgIpc) is 3.17. The van der Waals surface area contributed by atoms with Crippen LogP contribution in [0, 0.1) is 5.92 Å². The number of amides is 1. The van der Waals surface area contributed by atoms with E-state index in [0.29, 0.717) is 24.6 Å². The van der Waals surface area contributed by atoms with Crippen LogP contribution in [0.25, 0.3) is 0 Å². The molecule has 0 heterocycles. The molecule has 5 nitrogen and oxygen atoms in total. The van der Waals surface area contributed by atoms with Gasteiger partial charge in [0.05, 0.1) is 5.75 Å². The molecule has 0 aromatic heterocycles. The molecule has 2 rings (SSSR count). The standard InChI is InChI=1S/C21H33NO4S/c1-4-17(3)22(21(23)14-13-18-9-6-7-10-18)16-19-11-8-12-20(15-19)26-27(24,25)5-2/h8,11-12,15,17-18H,4-7,9-10,13-14,16H2,1-3H3. The van der Waals surface area contributed by atoms with E-state index in [1.807, 2.05) is 11.0 Å². The molecule has 1 unspecified atom stereocenters. The highest BCUT2D eigenvalue weighted by atomic mass is 32.2. The van der Waals surface area contributed by atoms with Crippen molar-refractivity contribution in [2.75, 3.05) is 5.75 Å². The van der Waals surface area contributed by atoms with Gasteiger partial charge in [0.25, 0.3) is 0 Å². The van der Waals surface area contributed by atoms with E-state index < -0.39 is 10.1 Å². The van der Waals surface area contributed by atoms with E-state index in [2.05, 4.69) is 13.8 Å². The van der Waals surface area contributed by atoms with Gasteiger partial charge >= 0.3 is 10.1 Å². The summed E-state index contributed by atoms with van der Waals surface area (Å²) in [6.07, 6.45) is 7.54. The zero-order valence-corrected chi connectivity index (χ0v) is 17.6. The zero-order chi connectivity index (χ0) is 19.9. The number of carbonyl (C=O) groups is 1. The van der Waals surface area contributed by atoms with Crippen LogP contribution >= 0.6 is 0 Å². The third-order valence-corrected chi connectivity index (χ3v) is 6.67. The second-order valence-electron chi connectivity index (χ2n) is 7.55. The smallest absolute Gasteiger partial charge is 0.308 e. The molecule has 0 radical (unpaired) electrons. The predicted octanol–water partition coefficient (Wildman–Crippen LogP) is 4.51. The van der Waals surface area contributed by atoms with Crippen molar-refractivity contribution in [2.24, 2.45) is 5.92 Å². The molecular weight excluding hydrogens is 362 g/mol. The van der Waals surface area contributed by atoms with E-state index in [-0.39, 0.29) is 17.7 Å². The van der Waals surface area contributed by atoms with Gasteiger partial charge in [-0.25, -0.2) is 0 Å². The molecule has 27 heavy (non-hydrogen) atoms. The quantitative estimate of drug-likeness (QED) is 0.547. The highest BCUT2D eigenvalue weighted by Crippen LogP contribution is 2.29. The molecule has 152 valence electrons. The number of carbonyl (C=O) groups excluding carboxylic acids is 1. The lowest BCUT2D eigenvalue weighted by Crippen LogP contribution is -2.37. The van der Waals surface area contributed by atoms with Gasteiger partial charge in [0.15, 0.2) is 0 Å². The molecule has 1 atom stereocenters. The summed E-state index contributed by atoms with van der Waals surface area (Å²) in [5.41, 5.74) is 0.883. The summed E-state index contributed by atoms with van der Waals surface area (Å²) in [6.45, 7) is 6.17. The SMILES string of the molecule is CCC(C)N(Cc1cccc(OS(=O)(=O)CC)c1)C(=O)CCC1CCCC1. The first kappa shape index (κ1) is 21.7. The Morgan fingerprint density at radius 1 is 1.26 bits per heavy atom. The molecule has 6 heteroatoms. The van der Waals surface area contributed by atoms with Crippen LogP contribution in [0.2, 0.25) is 0 Å². The Morgan fingerprint density at radius 3 is 2.59 bits per heavy atom. The fraction of sp³-hybridized carbons (Fsp3) is 0.667. The molecule has 1 aromatic rings. The molecule has 1 fully saturated rings. The van der Waals surface area contributed by atoms with Gasteiger partial charge < -0.3 is 9.08 Å². The van der Waals surface area contributed by atoms with Crippen LogP contribution in [0.15, 0.2) is 24.3 Å². The minimum absolute atomic E-state index is 0.0735. The second-order valence-corrected chi connectivity index (χ2v) is 9.40. The van der Waals surface area contributed by atoms with Crippen LogP contribution < -0.4 is 4.18 Å². The van der Waals surface area contributed by atoms with Crippen molar-refractivity contribution < 1.29 is 17.4 Å². The summed E-state index contributed by atoms with van der Waals surface area (Å²) in [6, 6.07) is 7.17. The molecular formula is C21H33NO4S. The highest BCUT2D eigenvalue weighted by Gasteiger charge is 2.22. The maximum atomic E-state index is 12.9. The largest absolute Gasteiger partial charge is 0.382 e. The molecule has 0 N–H and O–H groups in total. The second kappa shape index (κ2) is 10.1. The van der Waals surface area contributed by atoms with Crippen molar-refractivity contribution in [1.82, 2.24) is 4.90 Å². The van der Waals surface area contributed by atoms with Crippen molar-refractivity contribution in [3.63, 3.8) is 0 Å². The van der Waals surface area contributed by atoms with E-state index in [9.17, 15) is 13.2 Å². The number of rotatable bonds is 10. The summed E-state index contributed by atoms with van der Waals surface area (Å²) in [7, 11) is -3.55. The minimum atomic E-state index is -3.55. The first-order chi connectivity index (χ1) is 12.8. The lowest BCUT2D eigenvalue weighted by Gasteiger charge is -2.29. The molecule has 0 spiro atoms. The predicted molar refractivity (Wildman–Crippen MR) is 108 cm³/mol. The molecule has 0 saturated heterocycles. The van der Waals surface area contributed by atoms with Gasteiger partial charge in [-0.15, -0.1) is 0 Å². The first-order valence-electron chi connectivity index (χ1n) is 10.1. The summed E-state index contributed by atoms with van der Waals surface area (Å²) >= 11 is 0. The van der Waals surface area contributed by atoms with Crippen LogP contribution in [0.4, 0.5) is 0 Å². The van der Waals surface area contributed by atoms with Crippen LogP contribution in [0.1, 0.15) is 71.3 Å². The molecule has 0 bridgehead atoms. The Bertz CT molecular complexity index is 711. The minimum Gasteiger partial charge on any atom is -0.382 e.